The molecule has 1 heterocycles. The molecule has 0 spiro atoms. The van der Waals surface area contributed by atoms with Gasteiger partial charge in [-0.15, -0.1) is 0 Å². The van der Waals surface area contributed by atoms with Gasteiger partial charge in [-0.2, -0.15) is 0 Å². The predicted octanol–water partition coefficient (Wildman–Crippen LogP) is 4.81. The number of ether oxygens (including phenoxy) is 2. The number of rotatable bonds is 7. The monoisotopic (exact) mass is 395 g/mol. The molecule has 4 bridgehead atoms. The van der Waals surface area contributed by atoms with Gasteiger partial charge in [-0.1, -0.05) is 0 Å². The SMILES string of the molecule is CCOc1ccc(OCc2ccc(C(=O)NC3C4CC5CC(C4)CC3C5)o2)cc1. The van der Waals surface area contributed by atoms with Crippen molar-refractivity contribution in [2.75, 3.05) is 6.61 Å². The average Bonchev–Trinajstić information content (AvgIpc) is 3.19. The molecule has 0 aliphatic heterocycles. The number of hydrogen-bond acceptors (Lipinski definition) is 4. The summed E-state index contributed by atoms with van der Waals surface area (Å²) in [5, 5.41) is 3.30. The van der Waals surface area contributed by atoms with Crippen molar-refractivity contribution in [2.24, 2.45) is 23.7 Å². The van der Waals surface area contributed by atoms with E-state index >= 15 is 0 Å². The number of furan rings is 1. The number of carbonyl (C=O) groups excluding carboxylic acids is 1. The summed E-state index contributed by atoms with van der Waals surface area (Å²) in [6, 6.07) is 11.4. The lowest BCUT2D eigenvalue weighted by Crippen LogP contribution is -2.55. The van der Waals surface area contributed by atoms with Crippen molar-refractivity contribution in [1.82, 2.24) is 5.32 Å². The molecular weight excluding hydrogens is 366 g/mol. The zero-order valence-corrected chi connectivity index (χ0v) is 16.9. The third-order valence-corrected chi connectivity index (χ3v) is 6.93. The van der Waals surface area contributed by atoms with Gasteiger partial charge in [0.25, 0.3) is 5.91 Å². The lowest BCUT2D eigenvalue weighted by molar-refractivity contribution is -0.0123. The molecule has 4 aliphatic rings. The van der Waals surface area contributed by atoms with E-state index in [0.717, 1.165) is 23.3 Å². The van der Waals surface area contributed by atoms with E-state index in [1.165, 1.54) is 32.1 Å². The van der Waals surface area contributed by atoms with Crippen LogP contribution in [0.5, 0.6) is 11.5 Å². The van der Waals surface area contributed by atoms with Gasteiger partial charge in [-0.05, 0) is 99.1 Å². The fourth-order valence-corrected chi connectivity index (χ4v) is 5.91. The summed E-state index contributed by atoms with van der Waals surface area (Å²) < 4.78 is 17.0. The molecule has 0 atom stereocenters. The topological polar surface area (TPSA) is 60.7 Å². The Morgan fingerprint density at radius 3 is 2.17 bits per heavy atom. The van der Waals surface area contributed by atoms with Crippen molar-refractivity contribution in [2.45, 2.75) is 51.7 Å². The van der Waals surface area contributed by atoms with Crippen LogP contribution in [-0.4, -0.2) is 18.6 Å². The van der Waals surface area contributed by atoms with E-state index in [2.05, 4.69) is 5.32 Å². The summed E-state index contributed by atoms with van der Waals surface area (Å²) in [5.74, 6) is 5.63. The first-order valence-corrected chi connectivity index (χ1v) is 10.9. The Morgan fingerprint density at radius 2 is 1.55 bits per heavy atom. The minimum absolute atomic E-state index is 0.0882. The smallest absolute Gasteiger partial charge is 0.287 e. The normalized spacial score (nSPS) is 29.6. The van der Waals surface area contributed by atoms with Gasteiger partial charge >= 0.3 is 0 Å². The Balaban J connectivity index is 1.16. The fourth-order valence-electron chi connectivity index (χ4n) is 5.91. The van der Waals surface area contributed by atoms with E-state index in [4.69, 9.17) is 13.9 Å². The van der Waals surface area contributed by atoms with Gasteiger partial charge in [0.2, 0.25) is 0 Å². The first kappa shape index (κ1) is 18.6. The van der Waals surface area contributed by atoms with Crippen LogP contribution in [0.3, 0.4) is 0 Å². The summed E-state index contributed by atoms with van der Waals surface area (Å²) in [5.41, 5.74) is 0. The third kappa shape index (κ3) is 3.87. The summed E-state index contributed by atoms with van der Waals surface area (Å²) in [4.78, 5) is 12.8. The van der Waals surface area contributed by atoms with Gasteiger partial charge in [0, 0.05) is 6.04 Å². The van der Waals surface area contributed by atoms with E-state index in [-0.39, 0.29) is 5.91 Å². The molecule has 29 heavy (non-hydrogen) atoms. The molecule has 1 amide bonds. The van der Waals surface area contributed by atoms with Gasteiger partial charge in [0.15, 0.2) is 5.76 Å². The Hall–Kier alpha value is -2.43. The summed E-state index contributed by atoms with van der Waals surface area (Å²) in [6.07, 6.45) is 6.58. The standard InChI is InChI=1S/C24H29NO4/c1-2-27-19-3-5-20(6-4-19)28-14-21-7-8-22(29-21)24(26)25-23-17-10-15-9-16(12-17)13-18(23)11-15/h3-8,15-18,23H,2,9-14H2,1H3,(H,25,26). The van der Waals surface area contributed by atoms with Crippen LogP contribution in [0.15, 0.2) is 40.8 Å². The quantitative estimate of drug-likeness (QED) is 0.731. The molecule has 5 nitrogen and oxygen atoms in total. The predicted molar refractivity (Wildman–Crippen MR) is 109 cm³/mol. The molecule has 4 fully saturated rings. The maximum Gasteiger partial charge on any atom is 0.287 e. The van der Waals surface area contributed by atoms with Gasteiger partial charge < -0.3 is 19.2 Å². The Bertz CT molecular complexity index is 828. The van der Waals surface area contributed by atoms with Crippen LogP contribution in [0, 0.1) is 23.7 Å². The van der Waals surface area contributed by atoms with Gasteiger partial charge in [-0.25, -0.2) is 0 Å². The zero-order chi connectivity index (χ0) is 19.8. The molecule has 1 N–H and O–H groups in total. The molecule has 6 rings (SSSR count). The highest BCUT2D eigenvalue weighted by atomic mass is 16.5. The van der Waals surface area contributed by atoms with Gasteiger partial charge in [-0.3, -0.25) is 4.79 Å². The molecule has 2 aromatic rings. The van der Waals surface area contributed by atoms with Crippen LogP contribution >= 0.6 is 0 Å². The first-order valence-electron chi connectivity index (χ1n) is 10.9. The molecule has 1 aromatic heterocycles. The van der Waals surface area contributed by atoms with Crippen LogP contribution in [0.4, 0.5) is 0 Å². The molecule has 0 radical (unpaired) electrons. The van der Waals surface area contributed by atoms with Crippen molar-refractivity contribution in [3.8, 4) is 11.5 Å². The van der Waals surface area contributed by atoms with Crippen molar-refractivity contribution >= 4 is 5.91 Å². The lowest BCUT2D eigenvalue weighted by Gasteiger charge is -2.54. The van der Waals surface area contributed by atoms with E-state index in [0.29, 0.717) is 42.6 Å². The van der Waals surface area contributed by atoms with E-state index in [9.17, 15) is 4.79 Å². The largest absolute Gasteiger partial charge is 0.494 e. The number of hydrogen-bond donors (Lipinski definition) is 1. The maximum absolute atomic E-state index is 12.8. The van der Waals surface area contributed by atoms with Crippen LogP contribution in [0.1, 0.15) is 55.3 Å². The van der Waals surface area contributed by atoms with Gasteiger partial charge in [0.1, 0.15) is 23.9 Å². The molecule has 4 saturated carbocycles. The number of amides is 1. The van der Waals surface area contributed by atoms with Crippen LogP contribution in [-0.2, 0) is 6.61 Å². The molecule has 0 unspecified atom stereocenters. The van der Waals surface area contributed by atoms with Crippen LogP contribution in [0.25, 0.3) is 0 Å². The lowest BCUT2D eigenvalue weighted by atomic mass is 9.54. The minimum Gasteiger partial charge on any atom is -0.494 e. The van der Waals surface area contributed by atoms with Crippen molar-refractivity contribution in [3.63, 3.8) is 0 Å². The van der Waals surface area contributed by atoms with Gasteiger partial charge in [0.05, 0.1) is 6.61 Å². The Labute approximate surface area is 171 Å². The highest BCUT2D eigenvalue weighted by Gasteiger charge is 2.48. The second-order valence-electron chi connectivity index (χ2n) is 8.89. The van der Waals surface area contributed by atoms with E-state index < -0.39 is 0 Å². The average molecular weight is 395 g/mol. The summed E-state index contributed by atoms with van der Waals surface area (Å²) >= 11 is 0. The highest BCUT2D eigenvalue weighted by molar-refractivity contribution is 5.91. The summed E-state index contributed by atoms with van der Waals surface area (Å²) in [7, 11) is 0. The third-order valence-electron chi connectivity index (χ3n) is 6.93. The maximum atomic E-state index is 12.8. The Kier molecular flexibility index (Phi) is 4.98. The summed E-state index contributed by atoms with van der Waals surface area (Å²) in [6.45, 7) is 2.89. The number of benzene rings is 1. The van der Waals surface area contributed by atoms with Crippen LogP contribution < -0.4 is 14.8 Å². The second kappa shape index (κ2) is 7.77. The molecule has 154 valence electrons. The van der Waals surface area contributed by atoms with Crippen molar-refractivity contribution in [3.05, 3.63) is 47.9 Å². The van der Waals surface area contributed by atoms with E-state index in [1.807, 2.05) is 37.3 Å². The molecule has 0 saturated heterocycles. The molecule has 1 aromatic carbocycles. The molecule has 5 heteroatoms. The highest BCUT2D eigenvalue weighted by Crippen LogP contribution is 2.53. The number of carbonyl (C=O) groups is 1. The zero-order valence-electron chi connectivity index (χ0n) is 16.9. The Morgan fingerprint density at radius 1 is 0.931 bits per heavy atom. The molecule has 4 aliphatic carbocycles. The van der Waals surface area contributed by atoms with Crippen LogP contribution in [0.2, 0.25) is 0 Å². The first-order chi connectivity index (χ1) is 14.2. The fraction of sp³-hybridized carbons (Fsp3) is 0.542. The second-order valence-corrected chi connectivity index (χ2v) is 8.89. The molecular formula is C24H29NO4. The van der Waals surface area contributed by atoms with Crippen molar-refractivity contribution < 1.29 is 18.7 Å². The van der Waals surface area contributed by atoms with Crippen molar-refractivity contribution in [1.29, 1.82) is 0 Å². The minimum atomic E-state index is -0.0882. The van der Waals surface area contributed by atoms with E-state index in [1.54, 1.807) is 6.07 Å². The number of nitrogens with one attached hydrogen (secondary N) is 1.